The first-order chi connectivity index (χ1) is 7.60. The van der Waals surface area contributed by atoms with Gasteiger partial charge in [0.15, 0.2) is 17.7 Å². The topological polar surface area (TPSA) is 64.3 Å². The summed E-state index contributed by atoms with van der Waals surface area (Å²) >= 11 is 5.57. The molecule has 0 aliphatic rings. The minimum atomic E-state index is -0.835. The summed E-state index contributed by atoms with van der Waals surface area (Å²) in [5.74, 6) is 3.70. The van der Waals surface area contributed by atoms with E-state index >= 15 is 0 Å². The molecule has 3 N–H and O–H groups in total. The highest BCUT2D eigenvalue weighted by molar-refractivity contribution is 6.30. The van der Waals surface area contributed by atoms with Gasteiger partial charge in [0.25, 0.3) is 5.91 Å². The van der Waals surface area contributed by atoms with Crippen molar-refractivity contribution in [1.82, 2.24) is 5.43 Å². The highest BCUT2D eigenvalue weighted by Crippen LogP contribution is 2.25. The van der Waals surface area contributed by atoms with E-state index in [1.165, 1.54) is 18.2 Å². The van der Waals surface area contributed by atoms with E-state index in [1.54, 1.807) is 6.92 Å². The third kappa shape index (κ3) is 2.84. The summed E-state index contributed by atoms with van der Waals surface area (Å²) in [6.45, 7) is 1.72. The van der Waals surface area contributed by atoms with E-state index in [-0.39, 0.29) is 10.8 Å². The van der Waals surface area contributed by atoms with E-state index in [0.29, 0.717) is 6.42 Å². The van der Waals surface area contributed by atoms with Gasteiger partial charge in [0.2, 0.25) is 0 Å². The van der Waals surface area contributed by atoms with Crippen molar-refractivity contribution in [2.75, 3.05) is 0 Å². The zero-order valence-electron chi connectivity index (χ0n) is 8.67. The number of nitrogens with one attached hydrogen (secondary N) is 1. The predicted octanol–water partition coefficient (Wildman–Crippen LogP) is 1.63. The summed E-state index contributed by atoms with van der Waals surface area (Å²) in [6.07, 6.45) is -0.465. The number of benzene rings is 1. The first-order valence-corrected chi connectivity index (χ1v) is 5.09. The first-order valence-electron chi connectivity index (χ1n) is 4.71. The van der Waals surface area contributed by atoms with Crippen LogP contribution in [0.15, 0.2) is 18.2 Å². The third-order valence-corrected chi connectivity index (χ3v) is 2.28. The standard InChI is InChI=1S/C10H12ClFN2O2/c1-2-7(10(15)14-13)16-8-5-3-4-6(11)9(8)12/h3-5,7H,2,13H2,1H3,(H,14,15). The van der Waals surface area contributed by atoms with Crippen LogP contribution in [0.3, 0.4) is 0 Å². The van der Waals surface area contributed by atoms with E-state index in [4.69, 9.17) is 22.2 Å². The molecule has 0 saturated heterocycles. The molecule has 1 rings (SSSR count). The van der Waals surface area contributed by atoms with E-state index in [9.17, 15) is 9.18 Å². The molecule has 1 atom stereocenters. The smallest absolute Gasteiger partial charge is 0.274 e. The van der Waals surface area contributed by atoms with E-state index in [1.807, 2.05) is 5.43 Å². The minimum absolute atomic E-state index is 0.0551. The second kappa shape index (κ2) is 5.67. The van der Waals surface area contributed by atoms with Crippen LogP contribution < -0.4 is 16.0 Å². The number of amides is 1. The van der Waals surface area contributed by atoms with Crippen molar-refractivity contribution in [2.24, 2.45) is 5.84 Å². The van der Waals surface area contributed by atoms with Crippen LogP contribution in [0.2, 0.25) is 5.02 Å². The molecule has 4 nitrogen and oxygen atoms in total. The Morgan fingerprint density at radius 1 is 1.69 bits per heavy atom. The van der Waals surface area contributed by atoms with Gasteiger partial charge >= 0.3 is 0 Å². The zero-order chi connectivity index (χ0) is 12.1. The fourth-order valence-electron chi connectivity index (χ4n) is 1.14. The van der Waals surface area contributed by atoms with Crippen LogP contribution in [0.4, 0.5) is 4.39 Å². The minimum Gasteiger partial charge on any atom is -0.477 e. The maximum atomic E-state index is 13.4. The molecular weight excluding hydrogens is 235 g/mol. The van der Waals surface area contributed by atoms with Gasteiger partial charge in [-0.25, -0.2) is 10.2 Å². The van der Waals surface area contributed by atoms with Gasteiger partial charge < -0.3 is 4.74 Å². The second-order valence-electron chi connectivity index (χ2n) is 3.08. The lowest BCUT2D eigenvalue weighted by atomic mass is 10.2. The number of nitrogens with two attached hydrogens (primary N) is 1. The number of carbonyl (C=O) groups is 1. The van der Waals surface area contributed by atoms with Crippen molar-refractivity contribution < 1.29 is 13.9 Å². The average Bonchev–Trinajstić information content (AvgIpc) is 2.30. The van der Waals surface area contributed by atoms with Crippen LogP contribution in [0, 0.1) is 5.82 Å². The van der Waals surface area contributed by atoms with Gasteiger partial charge in [-0.1, -0.05) is 24.6 Å². The molecule has 16 heavy (non-hydrogen) atoms. The molecule has 1 aromatic rings. The number of hydrazine groups is 1. The molecule has 1 unspecified atom stereocenters. The fourth-order valence-corrected chi connectivity index (χ4v) is 1.31. The Hall–Kier alpha value is -1.33. The Bertz CT molecular complexity index is 387. The molecule has 0 saturated carbocycles. The molecular formula is C10H12ClFN2O2. The van der Waals surface area contributed by atoms with E-state index in [0.717, 1.165) is 0 Å². The summed E-state index contributed by atoms with van der Waals surface area (Å²) in [4.78, 5) is 11.2. The lowest BCUT2D eigenvalue weighted by molar-refractivity contribution is -0.128. The first kappa shape index (κ1) is 12.7. The molecule has 0 aliphatic carbocycles. The lowest BCUT2D eigenvalue weighted by Crippen LogP contribution is -2.41. The van der Waals surface area contributed by atoms with Gasteiger partial charge in [0.1, 0.15) is 0 Å². The number of halogens is 2. The van der Waals surface area contributed by atoms with Crippen LogP contribution in [0.1, 0.15) is 13.3 Å². The van der Waals surface area contributed by atoms with Crippen molar-refractivity contribution in [3.8, 4) is 5.75 Å². The van der Waals surface area contributed by atoms with Crippen molar-refractivity contribution in [3.05, 3.63) is 29.0 Å². The molecule has 0 spiro atoms. The van der Waals surface area contributed by atoms with Gasteiger partial charge in [-0.15, -0.1) is 0 Å². The maximum Gasteiger partial charge on any atom is 0.274 e. The molecule has 0 fully saturated rings. The molecule has 1 amide bonds. The summed E-state index contributed by atoms with van der Waals surface area (Å²) in [7, 11) is 0. The number of hydrogen-bond acceptors (Lipinski definition) is 3. The predicted molar refractivity (Wildman–Crippen MR) is 58.4 cm³/mol. The molecule has 0 bridgehead atoms. The van der Waals surface area contributed by atoms with Crippen LogP contribution in [0.5, 0.6) is 5.75 Å². The van der Waals surface area contributed by atoms with Crippen molar-refractivity contribution in [2.45, 2.75) is 19.4 Å². The van der Waals surface area contributed by atoms with Crippen LogP contribution in [0.25, 0.3) is 0 Å². The Labute approximate surface area is 97.5 Å². The van der Waals surface area contributed by atoms with Crippen LogP contribution >= 0.6 is 11.6 Å². The maximum absolute atomic E-state index is 13.4. The number of hydrogen-bond donors (Lipinski definition) is 2. The summed E-state index contributed by atoms with van der Waals surface area (Å²) < 4.78 is 18.6. The zero-order valence-corrected chi connectivity index (χ0v) is 9.42. The Morgan fingerprint density at radius 2 is 2.38 bits per heavy atom. The summed E-state index contributed by atoms with van der Waals surface area (Å²) in [5, 5.41) is -0.0551. The van der Waals surface area contributed by atoms with Crippen LogP contribution in [-0.2, 0) is 4.79 Å². The van der Waals surface area contributed by atoms with E-state index < -0.39 is 17.8 Å². The molecule has 0 heterocycles. The summed E-state index contributed by atoms with van der Waals surface area (Å²) in [5.41, 5.74) is 1.95. The van der Waals surface area contributed by atoms with Gasteiger partial charge in [0, 0.05) is 0 Å². The van der Waals surface area contributed by atoms with Crippen LogP contribution in [-0.4, -0.2) is 12.0 Å². The average molecular weight is 247 g/mol. The Balaban J connectivity index is 2.86. The number of ether oxygens (including phenoxy) is 1. The largest absolute Gasteiger partial charge is 0.477 e. The quantitative estimate of drug-likeness (QED) is 0.482. The highest BCUT2D eigenvalue weighted by atomic mass is 35.5. The van der Waals surface area contributed by atoms with Gasteiger partial charge in [-0.05, 0) is 18.6 Å². The number of rotatable bonds is 4. The van der Waals surface area contributed by atoms with Gasteiger partial charge in [-0.3, -0.25) is 10.2 Å². The summed E-state index contributed by atoms with van der Waals surface area (Å²) in [6, 6.07) is 4.33. The molecule has 6 heteroatoms. The lowest BCUT2D eigenvalue weighted by Gasteiger charge is -2.16. The number of carbonyl (C=O) groups excluding carboxylic acids is 1. The van der Waals surface area contributed by atoms with Gasteiger partial charge in [0.05, 0.1) is 5.02 Å². The fraction of sp³-hybridized carbons (Fsp3) is 0.300. The molecule has 0 radical (unpaired) electrons. The SMILES string of the molecule is CCC(Oc1cccc(Cl)c1F)C(=O)NN. The molecule has 0 aromatic heterocycles. The van der Waals surface area contributed by atoms with Crippen molar-refractivity contribution in [1.29, 1.82) is 0 Å². The second-order valence-corrected chi connectivity index (χ2v) is 3.48. The van der Waals surface area contributed by atoms with Crippen molar-refractivity contribution in [3.63, 3.8) is 0 Å². The molecule has 88 valence electrons. The monoisotopic (exact) mass is 246 g/mol. The van der Waals surface area contributed by atoms with Gasteiger partial charge in [-0.2, -0.15) is 0 Å². The van der Waals surface area contributed by atoms with E-state index in [2.05, 4.69) is 0 Å². The third-order valence-electron chi connectivity index (χ3n) is 1.99. The van der Waals surface area contributed by atoms with Crippen molar-refractivity contribution >= 4 is 17.5 Å². The molecule has 0 aliphatic heterocycles. The Kier molecular flexibility index (Phi) is 4.52. The highest BCUT2D eigenvalue weighted by Gasteiger charge is 2.19. The molecule has 1 aromatic carbocycles. The normalized spacial score (nSPS) is 12.0. The Morgan fingerprint density at radius 3 is 2.94 bits per heavy atom.